The zero-order valence-electron chi connectivity index (χ0n) is 14.1. The van der Waals surface area contributed by atoms with Gasteiger partial charge in [0.15, 0.2) is 0 Å². The fraction of sp³-hybridized carbons (Fsp3) is 0.316. The Hall–Kier alpha value is -2.01. The van der Waals surface area contributed by atoms with Crippen LogP contribution in [0.5, 0.6) is 0 Å². The van der Waals surface area contributed by atoms with E-state index in [9.17, 15) is 4.79 Å². The molecule has 0 bridgehead atoms. The highest BCUT2D eigenvalue weighted by Crippen LogP contribution is 2.10. The molecule has 4 heteroatoms. The molecule has 0 atom stereocenters. The van der Waals surface area contributed by atoms with Crippen molar-refractivity contribution in [1.82, 2.24) is 15.3 Å². The van der Waals surface area contributed by atoms with E-state index < -0.39 is 0 Å². The van der Waals surface area contributed by atoms with Gasteiger partial charge in [-0.3, -0.25) is 20.1 Å². The highest BCUT2D eigenvalue weighted by Gasteiger charge is 2.03. The predicted octanol–water partition coefficient (Wildman–Crippen LogP) is 2.70. The van der Waals surface area contributed by atoms with Crippen LogP contribution in [0.4, 0.5) is 0 Å². The molecule has 0 amide bonds. The molecule has 0 fully saturated rings. The molecule has 0 aliphatic heterocycles. The molecule has 0 spiro atoms. The van der Waals surface area contributed by atoms with Crippen LogP contribution in [0, 0.1) is 0 Å². The third-order valence-electron chi connectivity index (χ3n) is 3.64. The van der Waals surface area contributed by atoms with E-state index in [1.54, 1.807) is 0 Å². The molecule has 0 saturated carbocycles. The van der Waals surface area contributed by atoms with Gasteiger partial charge in [-0.15, -0.1) is 0 Å². The Bertz CT molecular complexity index is 606. The van der Waals surface area contributed by atoms with Gasteiger partial charge in [-0.05, 0) is 23.7 Å². The van der Waals surface area contributed by atoms with Crippen LogP contribution < -0.4 is 5.43 Å². The highest BCUT2D eigenvalue weighted by molar-refractivity contribution is 5.74. The van der Waals surface area contributed by atoms with Gasteiger partial charge in [0, 0.05) is 39.3 Å². The molecule has 0 heterocycles. The van der Waals surface area contributed by atoms with Crippen LogP contribution in [0.25, 0.3) is 0 Å². The lowest BCUT2D eigenvalue weighted by Crippen LogP contribution is -2.29. The average molecular weight is 311 g/mol. The van der Waals surface area contributed by atoms with E-state index in [0.29, 0.717) is 0 Å². The van der Waals surface area contributed by atoms with Crippen molar-refractivity contribution in [2.45, 2.75) is 19.6 Å². The number of benzene rings is 2. The Morgan fingerprint density at radius 1 is 0.826 bits per heavy atom. The van der Waals surface area contributed by atoms with Crippen LogP contribution in [0.3, 0.4) is 0 Å². The normalized spacial score (nSPS) is 11.2. The van der Waals surface area contributed by atoms with Crippen LogP contribution in [-0.4, -0.2) is 37.3 Å². The maximum absolute atomic E-state index is 10.7. The summed E-state index contributed by atoms with van der Waals surface area (Å²) in [6, 6.07) is 16.4. The van der Waals surface area contributed by atoms with E-state index in [0.717, 1.165) is 31.5 Å². The van der Waals surface area contributed by atoms with E-state index >= 15 is 0 Å². The molecule has 2 aromatic rings. The molecule has 0 aliphatic carbocycles. The summed E-state index contributed by atoms with van der Waals surface area (Å²) in [5.41, 5.74) is 7.77. The van der Waals surface area contributed by atoms with Crippen molar-refractivity contribution < 1.29 is 4.79 Å². The first-order chi connectivity index (χ1) is 11.1. The predicted molar refractivity (Wildman–Crippen MR) is 94.0 cm³/mol. The monoisotopic (exact) mass is 311 g/mol. The number of carbonyl (C=O) groups is 1. The van der Waals surface area contributed by atoms with Gasteiger partial charge in [0.2, 0.25) is 0 Å². The van der Waals surface area contributed by atoms with Crippen LogP contribution >= 0.6 is 0 Å². The Kier molecular flexibility index (Phi) is 6.47. The fourth-order valence-electron chi connectivity index (χ4n) is 2.39. The van der Waals surface area contributed by atoms with Crippen molar-refractivity contribution in [2.24, 2.45) is 0 Å². The third-order valence-corrected chi connectivity index (χ3v) is 3.64. The lowest BCUT2D eigenvalue weighted by atomic mass is 10.1. The summed E-state index contributed by atoms with van der Waals surface area (Å²) in [5, 5.41) is 1.96. The second-order valence-corrected chi connectivity index (χ2v) is 6.08. The van der Waals surface area contributed by atoms with Gasteiger partial charge >= 0.3 is 0 Å². The fourth-order valence-corrected chi connectivity index (χ4v) is 2.39. The first-order valence-electron chi connectivity index (χ1n) is 7.78. The Balaban J connectivity index is 1.86. The minimum Gasteiger partial charge on any atom is -0.298 e. The second-order valence-electron chi connectivity index (χ2n) is 6.08. The number of nitrogens with zero attached hydrogens (tertiary/aromatic N) is 2. The summed E-state index contributed by atoms with van der Waals surface area (Å²) in [7, 11) is 6.09. The largest absolute Gasteiger partial charge is 0.298 e. The molecule has 0 aromatic heterocycles. The van der Waals surface area contributed by atoms with Gasteiger partial charge in [0.25, 0.3) is 0 Å². The van der Waals surface area contributed by atoms with Crippen molar-refractivity contribution in [1.29, 1.82) is 0 Å². The van der Waals surface area contributed by atoms with Gasteiger partial charge in [-0.1, -0.05) is 48.5 Å². The van der Waals surface area contributed by atoms with Gasteiger partial charge in [0.1, 0.15) is 6.29 Å². The smallest absolute Gasteiger partial charge is 0.150 e. The maximum atomic E-state index is 10.7. The number of carbonyl (C=O) groups excluding carboxylic acids is 1. The third kappa shape index (κ3) is 5.94. The summed E-state index contributed by atoms with van der Waals surface area (Å²) in [6.45, 7) is 2.60. The summed E-state index contributed by atoms with van der Waals surface area (Å²) >= 11 is 0. The lowest BCUT2D eigenvalue weighted by molar-refractivity contribution is 0.112. The van der Waals surface area contributed by atoms with Crippen molar-refractivity contribution in [3.63, 3.8) is 0 Å². The first kappa shape index (κ1) is 17.3. The number of hydrogen-bond donors (Lipinski definition) is 1. The molecule has 1 N–H and O–H groups in total. The molecule has 4 nitrogen and oxygen atoms in total. The zero-order chi connectivity index (χ0) is 16.7. The van der Waals surface area contributed by atoms with Gasteiger partial charge in [-0.25, -0.2) is 0 Å². The van der Waals surface area contributed by atoms with Crippen molar-refractivity contribution in [3.05, 3.63) is 70.8 Å². The molecular weight excluding hydrogens is 286 g/mol. The van der Waals surface area contributed by atoms with Crippen LogP contribution in [-0.2, 0) is 19.6 Å². The molecule has 0 unspecified atom stereocenters. The number of aldehydes is 1. The minimum absolute atomic E-state index is 0.721. The maximum Gasteiger partial charge on any atom is 0.150 e. The Labute approximate surface area is 138 Å². The number of nitrogens with one attached hydrogen (secondary N) is 1. The van der Waals surface area contributed by atoms with Crippen LogP contribution in [0.1, 0.15) is 27.0 Å². The van der Waals surface area contributed by atoms with Crippen molar-refractivity contribution in [2.75, 3.05) is 21.1 Å². The standard InChI is InChI=1S/C19H25N3O/c1-21(2)20-12-16-4-6-17(7-5-16)13-22(3)14-18-8-10-19(15-23)11-9-18/h4-11,15,20H,12-14H2,1-3H3. The minimum atomic E-state index is 0.721. The van der Waals surface area contributed by atoms with Crippen molar-refractivity contribution >= 4 is 6.29 Å². The van der Waals surface area contributed by atoms with E-state index in [1.807, 2.05) is 43.4 Å². The number of rotatable bonds is 8. The summed E-state index contributed by atoms with van der Waals surface area (Å²) < 4.78 is 0. The molecule has 0 saturated heterocycles. The molecule has 0 radical (unpaired) electrons. The highest BCUT2D eigenvalue weighted by atomic mass is 16.1. The SMILES string of the molecule is CN(Cc1ccc(C=O)cc1)Cc1ccc(CNN(C)C)cc1. The number of hydrogen-bond acceptors (Lipinski definition) is 4. The van der Waals surface area contributed by atoms with E-state index in [2.05, 4.69) is 41.6 Å². The van der Waals surface area contributed by atoms with E-state index in [1.165, 1.54) is 16.7 Å². The van der Waals surface area contributed by atoms with Gasteiger partial charge in [0.05, 0.1) is 0 Å². The molecule has 23 heavy (non-hydrogen) atoms. The van der Waals surface area contributed by atoms with Gasteiger partial charge in [-0.2, -0.15) is 0 Å². The van der Waals surface area contributed by atoms with Crippen LogP contribution in [0.2, 0.25) is 0 Å². The molecule has 2 aromatic carbocycles. The molecule has 122 valence electrons. The summed E-state index contributed by atoms with van der Waals surface area (Å²) in [5.74, 6) is 0. The average Bonchev–Trinajstić information content (AvgIpc) is 2.55. The zero-order valence-corrected chi connectivity index (χ0v) is 14.1. The van der Waals surface area contributed by atoms with E-state index in [-0.39, 0.29) is 0 Å². The first-order valence-corrected chi connectivity index (χ1v) is 7.78. The van der Waals surface area contributed by atoms with Crippen LogP contribution in [0.15, 0.2) is 48.5 Å². The summed E-state index contributed by atoms with van der Waals surface area (Å²) in [4.78, 5) is 12.9. The lowest BCUT2D eigenvalue weighted by Gasteiger charge is -2.17. The second kappa shape index (κ2) is 8.58. The van der Waals surface area contributed by atoms with Gasteiger partial charge < -0.3 is 0 Å². The number of hydrazine groups is 1. The molecule has 0 aliphatic rings. The topological polar surface area (TPSA) is 35.6 Å². The quantitative estimate of drug-likeness (QED) is 0.600. The Morgan fingerprint density at radius 3 is 1.78 bits per heavy atom. The Morgan fingerprint density at radius 2 is 1.30 bits per heavy atom. The van der Waals surface area contributed by atoms with Crippen molar-refractivity contribution in [3.8, 4) is 0 Å². The van der Waals surface area contributed by atoms with E-state index in [4.69, 9.17) is 0 Å². The summed E-state index contributed by atoms with van der Waals surface area (Å²) in [6.07, 6.45) is 0.875. The molecule has 2 rings (SSSR count). The molecular formula is C19H25N3O.